The molecular weight excluding hydrogens is 321 g/mol. The zero-order chi connectivity index (χ0) is 14.2. The lowest BCUT2D eigenvalue weighted by molar-refractivity contribution is -0.143. The number of rotatable bonds is 3. The molecule has 1 heterocycles. The number of likely N-dealkylation sites (N-methyl/N-ethyl adjacent to an activating group) is 1. The summed E-state index contributed by atoms with van der Waals surface area (Å²) >= 11 is 3.31. The van der Waals surface area contributed by atoms with Crippen molar-refractivity contribution >= 4 is 26.8 Å². The second-order valence-corrected chi connectivity index (χ2v) is 5.31. The number of alkyl halides is 3. The molecule has 1 N–H and O–H groups in total. The molecule has 0 amide bonds. The SMILES string of the molecule is CNCCc1c(C(F)(F)F)n(C)c2ccc(Br)cc12. The second kappa shape index (κ2) is 5.17. The van der Waals surface area contributed by atoms with Crippen LogP contribution < -0.4 is 5.32 Å². The summed E-state index contributed by atoms with van der Waals surface area (Å²) in [7, 11) is 3.19. The number of nitrogens with one attached hydrogen (secondary N) is 1. The summed E-state index contributed by atoms with van der Waals surface area (Å²) in [6, 6.07) is 5.21. The molecule has 0 aliphatic carbocycles. The monoisotopic (exact) mass is 334 g/mol. The largest absolute Gasteiger partial charge is 0.431 e. The van der Waals surface area contributed by atoms with Crippen LogP contribution in [0.15, 0.2) is 22.7 Å². The smallest absolute Gasteiger partial charge is 0.340 e. The molecule has 0 fully saturated rings. The van der Waals surface area contributed by atoms with E-state index in [1.807, 2.05) is 0 Å². The van der Waals surface area contributed by atoms with Crippen molar-refractivity contribution < 1.29 is 13.2 Å². The molecule has 1 aromatic carbocycles. The second-order valence-electron chi connectivity index (χ2n) is 4.40. The highest BCUT2D eigenvalue weighted by molar-refractivity contribution is 9.10. The highest BCUT2D eigenvalue weighted by Gasteiger charge is 2.37. The van der Waals surface area contributed by atoms with E-state index in [1.54, 1.807) is 25.2 Å². The van der Waals surface area contributed by atoms with Gasteiger partial charge in [0, 0.05) is 22.4 Å². The van der Waals surface area contributed by atoms with Gasteiger partial charge in [-0.1, -0.05) is 15.9 Å². The van der Waals surface area contributed by atoms with Crippen LogP contribution in [0.2, 0.25) is 0 Å². The van der Waals surface area contributed by atoms with Crippen LogP contribution in [0.25, 0.3) is 10.9 Å². The van der Waals surface area contributed by atoms with Crippen LogP contribution in [0.5, 0.6) is 0 Å². The minimum atomic E-state index is -4.34. The first-order chi connectivity index (χ1) is 8.86. The predicted molar refractivity (Wildman–Crippen MR) is 73.3 cm³/mol. The maximum atomic E-state index is 13.2. The Hall–Kier alpha value is -1.01. The number of benzene rings is 1. The van der Waals surface area contributed by atoms with Crippen molar-refractivity contribution in [1.82, 2.24) is 9.88 Å². The summed E-state index contributed by atoms with van der Waals surface area (Å²) < 4.78 is 41.7. The summed E-state index contributed by atoms with van der Waals surface area (Å²) in [4.78, 5) is 0. The summed E-state index contributed by atoms with van der Waals surface area (Å²) in [6.45, 7) is 0.509. The van der Waals surface area contributed by atoms with E-state index in [0.717, 1.165) is 4.47 Å². The maximum absolute atomic E-state index is 13.2. The van der Waals surface area contributed by atoms with Crippen LogP contribution in [0, 0.1) is 0 Å². The maximum Gasteiger partial charge on any atom is 0.431 e. The van der Waals surface area contributed by atoms with E-state index in [0.29, 0.717) is 29.4 Å². The van der Waals surface area contributed by atoms with Gasteiger partial charge >= 0.3 is 6.18 Å². The molecule has 0 unspecified atom stereocenters. The molecule has 2 aromatic rings. The van der Waals surface area contributed by atoms with Gasteiger partial charge < -0.3 is 9.88 Å². The van der Waals surface area contributed by atoms with Crippen molar-refractivity contribution in [3.05, 3.63) is 33.9 Å². The van der Waals surface area contributed by atoms with Gasteiger partial charge in [-0.3, -0.25) is 0 Å². The van der Waals surface area contributed by atoms with Crippen molar-refractivity contribution in [3.63, 3.8) is 0 Å². The number of fused-ring (bicyclic) bond motifs is 1. The molecule has 104 valence electrons. The summed E-state index contributed by atoms with van der Waals surface area (Å²) in [5.74, 6) is 0. The first-order valence-electron chi connectivity index (χ1n) is 5.85. The molecule has 0 bridgehead atoms. The lowest BCUT2D eigenvalue weighted by atomic mass is 10.1. The molecule has 1 aromatic heterocycles. The van der Waals surface area contributed by atoms with E-state index in [9.17, 15) is 13.2 Å². The highest BCUT2D eigenvalue weighted by atomic mass is 79.9. The zero-order valence-electron chi connectivity index (χ0n) is 10.6. The van der Waals surface area contributed by atoms with Gasteiger partial charge in [-0.2, -0.15) is 13.2 Å². The van der Waals surface area contributed by atoms with Crippen LogP contribution in [0.4, 0.5) is 13.2 Å². The summed E-state index contributed by atoms with van der Waals surface area (Å²) in [5, 5.41) is 3.55. The van der Waals surface area contributed by atoms with Crippen molar-refractivity contribution in [2.24, 2.45) is 7.05 Å². The molecule has 2 nitrogen and oxygen atoms in total. The molecule has 0 atom stereocenters. The van der Waals surface area contributed by atoms with Crippen LogP contribution in [0.1, 0.15) is 11.3 Å². The number of hydrogen-bond acceptors (Lipinski definition) is 1. The Labute approximate surface area is 117 Å². The van der Waals surface area contributed by atoms with E-state index in [2.05, 4.69) is 21.2 Å². The Morgan fingerprint density at radius 3 is 2.58 bits per heavy atom. The Bertz CT molecular complexity index is 602. The minimum absolute atomic E-state index is 0.346. The molecule has 0 aliphatic heterocycles. The van der Waals surface area contributed by atoms with Crippen molar-refractivity contribution in [1.29, 1.82) is 0 Å². The van der Waals surface area contributed by atoms with Gasteiger partial charge in [-0.05, 0) is 43.8 Å². The first-order valence-corrected chi connectivity index (χ1v) is 6.64. The third kappa shape index (κ3) is 2.65. The molecule has 0 spiro atoms. The third-order valence-electron chi connectivity index (χ3n) is 3.16. The van der Waals surface area contributed by atoms with Gasteiger partial charge in [0.15, 0.2) is 0 Å². The molecule has 0 aliphatic rings. The molecule has 6 heteroatoms. The molecular formula is C13H14BrF3N2. The standard InChI is InChI=1S/C13H14BrF3N2/c1-18-6-5-9-10-7-8(14)3-4-11(10)19(2)12(9)13(15,16)17/h3-4,7,18H,5-6H2,1-2H3. The number of halogens is 4. The van der Waals surface area contributed by atoms with Crippen LogP contribution in [-0.4, -0.2) is 18.2 Å². The average Bonchev–Trinajstić information content (AvgIpc) is 2.58. The summed E-state index contributed by atoms with van der Waals surface area (Å²) in [6.07, 6.45) is -4.00. The Kier molecular flexibility index (Phi) is 3.92. The van der Waals surface area contributed by atoms with Gasteiger partial charge in [-0.15, -0.1) is 0 Å². The number of aromatic nitrogens is 1. The van der Waals surface area contributed by atoms with E-state index >= 15 is 0 Å². The van der Waals surface area contributed by atoms with Gasteiger partial charge in [0.1, 0.15) is 5.69 Å². The van der Waals surface area contributed by atoms with Crippen molar-refractivity contribution in [3.8, 4) is 0 Å². The summed E-state index contributed by atoms with van der Waals surface area (Å²) in [5.41, 5.74) is 0.387. The van der Waals surface area contributed by atoms with Crippen molar-refractivity contribution in [2.45, 2.75) is 12.6 Å². The van der Waals surface area contributed by atoms with E-state index in [4.69, 9.17) is 0 Å². The topological polar surface area (TPSA) is 17.0 Å². The minimum Gasteiger partial charge on any atom is -0.340 e. The lowest BCUT2D eigenvalue weighted by Gasteiger charge is -2.11. The predicted octanol–water partition coefficient (Wildman–Crippen LogP) is 3.72. The lowest BCUT2D eigenvalue weighted by Crippen LogP contribution is -2.17. The molecule has 0 saturated heterocycles. The molecule has 0 saturated carbocycles. The molecule has 2 rings (SSSR count). The van der Waals surface area contributed by atoms with E-state index in [1.165, 1.54) is 11.6 Å². The molecule has 19 heavy (non-hydrogen) atoms. The number of aryl methyl sites for hydroxylation is 1. The van der Waals surface area contributed by atoms with Crippen LogP contribution in [-0.2, 0) is 19.6 Å². The fourth-order valence-corrected chi connectivity index (χ4v) is 2.72. The normalized spacial score (nSPS) is 12.3. The Balaban J connectivity index is 2.74. The quantitative estimate of drug-likeness (QED) is 0.905. The number of hydrogen-bond donors (Lipinski definition) is 1. The fourth-order valence-electron chi connectivity index (χ4n) is 2.36. The zero-order valence-corrected chi connectivity index (χ0v) is 12.2. The van der Waals surface area contributed by atoms with E-state index in [-0.39, 0.29) is 0 Å². The van der Waals surface area contributed by atoms with Gasteiger partial charge in [0.2, 0.25) is 0 Å². The van der Waals surface area contributed by atoms with Crippen molar-refractivity contribution in [2.75, 3.05) is 13.6 Å². The van der Waals surface area contributed by atoms with Crippen LogP contribution in [0.3, 0.4) is 0 Å². The van der Waals surface area contributed by atoms with Gasteiger partial charge in [0.25, 0.3) is 0 Å². The number of nitrogens with zero attached hydrogens (tertiary/aromatic N) is 1. The first kappa shape index (κ1) is 14.4. The van der Waals surface area contributed by atoms with Crippen LogP contribution >= 0.6 is 15.9 Å². The average molecular weight is 335 g/mol. The Morgan fingerprint density at radius 2 is 2.00 bits per heavy atom. The van der Waals surface area contributed by atoms with Gasteiger partial charge in [0.05, 0.1) is 0 Å². The third-order valence-corrected chi connectivity index (χ3v) is 3.65. The van der Waals surface area contributed by atoms with E-state index < -0.39 is 11.9 Å². The highest BCUT2D eigenvalue weighted by Crippen LogP contribution is 2.38. The van der Waals surface area contributed by atoms with Gasteiger partial charge in [-0.25, -0.2) is 0 Å². The fraction of sp³-hybridized carbons (Fsp3) is 0.385. The Morgan fingerprint density at radius 1 is 1.32 bits per heavy atom. The molecule has 0 radical (unpaired) electrons.